The summed E-state index contributed by atoms with van der Waals surface area (Å²) in [6, 6.07) is 10.5. The van der Waals surface area contributed by atoms with E-state index in [0.717, 1.165) is 11.1 Å². The lowest BCUT2D eigenvalue weighted by Crippen LogP contribution is -2.21. The molecular weight excluding hydrogens is 268 g/mol. The minimum absolute atomic E-state index is 0.177. The maximum Gasteiger partial charge on any atom is 0.357 e. The van der Waals surface area contributed by atoms with E-state index in [4.69, 9.17) is 4.74 Å². The first-order chi connectivity index (χ1) is 10.1. The first-order valence-electron chi connectivity index (χ1n) is 6.51. The van der Waals surface area contributed by atoms with Crippen molar-refractivity contribution in [3.05, 3.63) is 59.4 Å². The summed E-state index contributed by atoms with van der Waals surface area (Å²) in [5.74, 6) is -1.01. The number of hydrogen-bond donors (Lipinski definition) is 1. The molecule has 2 aromatic rings. The number of aromatic nitrogens is 1. The van der Waals surface area contributed by atoms with Gasteiger partial charge < -0.3 is 10.1 Å². The highest BCUT2D eigenvalue weighted by Crippen LogP contribution is 2.13. The average molecular weight is 284 g/mol. The molecular formula is C16H16N2O3. The number of benzene rings is 1. The van der Waals surface area contributed by atoms with Gasteiger partial charge in [-0.1, -0.05) is 12.1 Å². The summed E-state index contributed by atoms with van der Waals surface area (Å²) in [5.41, 5.74) is 3.08. The molecule has 1 N–H and O–H groups in total. The van der Waals surface area contributed by atoms with E-state index in [-0.39, 0.29) is 18.2 Å². The van der Waals surface area contributed by atoms with Crippen LogP contribution in [0.5, 0.6) is 0 Å². The molecule has 0 saturated carbocycles. The summed E-state index contributed by atoms with van der Waals surface area (Å²) in [5, 5.41) is 2.68. The fourth-order valence-electron chi connectivity index (χ4n) is 1.70. The highest BCUT2D eigenvalue weighted by Gasteiger charge is 2.11. The third-order valence-electron chi connectivity index (χ3n) is 3.00. The van der Waals surface area contributed by atoms with Crippen LogP contribution in [0.2, 0.25) is 0 Å². The maximum absolute atomic E-state index is 11.7. The van der Waals surface area contributed by atoms with Crippen molar-refractivity contribution < 1.29 is 14.3 Å². The molecule has 1 heterocycles. The molecule has 0 atom stereocenters. The van der Waals surface area contributed by atoms with Crippen molar-refractivity contribution in [1.29, 1.82) is 0 Å². The van der Waals surface area contributed by atoms with Crippen LogP contribution >= 0.6 is 0 Å². The third kappa shape index (κ3) is 4.14. The summed E-state index contributed by atoms with van der Waals surface area (Å²) >= 11 is 0. The number of esters is 1. The Bertz CT molecular complexity index is 654. The van der Waals surface area contributed by atoms with Crippen molar-refractivity contribution in [2.45, 2.75) is 13.8 Å². The second-order valence-electron chi connectivity index (χ2n) is 4.64. The number of hydrogen-bond acceptors (Lipinski definition) is 4. The molecule has 0 aliphatic heterocycles. The summed E-state index contributed by atoms with van der Waals surface area (Å²) in [4.78, 5) is 27.2. The molecule has 0 fully saturated rings. The van der Waals surface area contributed by atoms with Gasteiger partial charge in [0.15, 0.2) is 6.61 Å². The van der Waals surface area contributed by atoms with Crippen LogP contribution < -0.4 is 5.32 Å². The Kier molecular flexibility index (Phi) is 4.66. The van der Waals surface area contributed by atoms with Gasteiger partial charge >= 0.3 is 5.97 Å². The molecule has 5 nitrogen and oxygen atoms in total. The molecule has 0 aliphatic rings. The fourth-order valence-corrected chi connectivity index (χ4v) is 1.70. The lowest BCUT2D eigenvalue weighted by atomic mass is 10.1. The number of rotatable bonds is 4. The number of nitrogens with one attached hydrogen (secondary N) is 1. The minimum atomic E-state index is -0.620. The fraction of sp³-hybridized carbons (Fsp3) is 0.188. The number of anilines is 1. The predicted molar refractivity (Wildman–Crippen MR) is 79.1 cm³/mol. The number of carbonyl (C=O) groups excluding carboxylic acids is 2. The molecule has 0 saturated heterocycles. The second-order valence-corrected chi connectivity index (χ2v) is 4.64. The second kappa shape index (κ2) is 6.65. The minimum Gasteiger partial charge on any atom is -0.451 e. The van der Waals surface area contributed by atoms with Crippen molar-refractivity contribution in [2.24, 2.45) is 0 Å². The molecule has 1 amide bonds. The van der Waals surface area contributed by atoms with Crippen LogP contribution in [0, 0.1) is 13.8 Å². The third-order valence-corrected chi connectivity index (χ3v) is 3.00. The smallest absolute Gasteiger partial charge is 0.357 e. The number of nitrogens with zero attached hydrogens (tertiary/aromatic N) is 1. The predicted octanol–water partition coefficient (Wildman–Crippen LogP) is 2.49. The largest absolute Gasteiger partial charge is 0.451 e. The zero-order chi connectivity index (χ0) is 15.2. The van der Waals surface area contributed by atoms with Crippen molar-refractivity contribution >= 4 is 17.6 Å². The number of amides is 1. The SMILES string of the molecule is Cc1ccc(NC(=O)COC(=O)c2ccccn2)cc1C. The van der Waals surface area contributed by atoms with Crippen molar-refractivity contribution in [1.82, 2.24) is 4.98 Å². The average Bonchev–Trinajstić information content (AvgIpc) is 2.49. The molecule has 1 aromatic carbocycles. The molecule has 1 aromatic heterocycles. The van der Waals surface area contributed by atoms with Crippen LogP contribution in [0.1, 0.15) is 21.6 Å². The topological polar surface area (TPSA) is 68.3 Å². The highest BCUT2D eigenvalue weighted by atomic mass is 16.5. The van der Waals surface area contributed by atoms with Gasteiger partial charge in [0.2, 0.25) is 0 Å². The van der Waals surface area contributed by atoms with E-state index >= 15 is 0 Å². The summed E-state index contributed by atoms with van der Waals surface area (Å²) < 4.78 is 4.90. The maximum atomic E-state index is 11.7. The van der Waals surface area contributed by atoms with Crippen LogP contribution in [-0.2, 0) is 9.53 Å². The van der Waals surface area contributed by atoms with E-state index < -0.39 is 5.97 Å². The first-order valence-corrected chi connectivity index (χ1v) is 6.51. The zero-order valence-electron chi connectivity index (χ0n) is 11.9. The molecule has 0 radical (unpaired) electrons. The van der Waals surface area contributed by atoms with Gasteiger partial charge in [-0.05, 0) is 49.2 Å². The van der Waals surface area contributed by atoms with Gasteiger partial charge in [0, 0.05) is 11.9 Å². The standard InChI is InChI=1S/C16H16N2O3/c1-11-6-7-13(9-12(11)2)18-15(19)10-21-16(20)14-5-3-4-8-17-14/h3-9H,10H2,1-2H3,(H,18,19). The van der Waals surface area contributed by atoms with Gasteiger partial charge in [-0.15, -0.1) is 0 Å². The van der Waals surface area contributed by atoms with Crippen molar-refractivity contribution in [3.8, 4) is 0 Å². The highest BCUT2D eigenvalue weighted by molar-refractivity contribution is 5.94. The van der Waals surface area contributed by atoms with E-state index in [2.05, 4.69) is 10.3 Å². The Morgan fingerprint density at radius 2 is 1.95 bits per heavy atom. The van der Waals surface area contributed by atoms with Crippen molar-refractivity contribution in [3.63, 3.8) is 0 Å². The van der Waals surface area contributed by atoms with Gasteiger partial charge in [0.05, 0.1) is 0 Å². The van der Waals surface area contributed by atoms with Gasteiger partial charge in [0.25, 0.3) is 5.91 Å². The molecule has 108 valence electrons. The monoisotopic (exact) mass is 284 g/mol. The van der Waals surface area contributed by atoms with Gasteiger partial charge in [-0.2, -0.15) is 0 Å². The zero-order valence-corrected chi connectivity index (χ0v) is 11.9. The quantitative estimate of drug-likeness (QED) is 0.876. The van der Waals surface area contributed by atoms with Crippen LogP contribution in [0.4, 0.5) is 5.69 Å². The summed E-state index contributed by atoms with van der Waals surface area (Å²) in [6.07, 6.45) is 1.49. The molecule has 0 bridgehead atoms. The summed E-state index contributed by atoms with van der Waals surface area (Å²) in [7, 11) is 0. The van der Waals surface area contributed by atoms with E-state index in [1.807, 2.05) is 26.0 Å². The molecule has 0 spiro atoms. The number of aryl methyl sites for hydroxylation is 2. The lowest BCUT2D eigenvalue weighted by Gasteiger charge is -2.08. The van der Waals surface area contributed by atoms with Crippen LogP contribution in [0.3, 0.4) is 0 Å². The van der Waals surface area contributed by atoms with Gasteiger partial charge in [-0.25, -0.2) is 9.78 Å². The Hall–Kier alpha value is -2.69. The van der Waals surface area contributed by atoms with Gasteiger partial charge in [0.1, 0.15) is 5.69 Å². The number of pyridine rings is 1. The van der Waals surface area contributed by atoms with E-state index in [9.17, 15) is 9.59 Å². The van der Waals surface area contributed by atoms with E-state index in [0.29, 0.717) is 5.69 Å². The normalized spacial score (nSPS) is 10.0. The lowest BCUT2D eigenvalue weighted by molar-refractivity contribution is -0.119. The Morgan fingerprint density at radius 3 is 2.62 bits per heavy atom. The molecule has 21 heavy (non-hydrogen) atoms. The molecule has 0 aliphatic carbocycles. The summed E-state index contributed by atoms with van der Waals surface area (Å²) in [6.45, 7) is 3.62. The Morgan fingerprint density at radius 1 is 1.14 bits per heavy atom. The van der Waals surface area contributed by atoms with Crippen LogP contribution in [0.25, 0.3) is 0 Å². The van der Waals surface area contributed by atoms with Gasteiger partial charge in [-0.3, -0.25) is 4.79 Å². The van der Waals surface area contributed by atoms with Crippen LogP contribution in [0.15, 0.2) is 42.6 Å². The van der Waals surface area contributed by atoms with Crippen molar-refractivity contribution in [2.75, 3.05) is 11.9 Å². The Balaban J connectivity index is 1.87. The molecule has 2 rings (SSSR count). The Labute approximate surface area is 123 Å². The van der Waals surface area contributed by atoms with E-state index in [1.54, 1.807) is 18.2 Å². The van der Waals surface area contributed by atoms with Crippen LogP contribution in [-0.4, -0.2) is 23.5 Å². The molecule has 0 unspecified atom stereocenters. The number of carbonyl (C=O) groups is 2. The number of ether oxygens (including phenoxy) is 1. The van der Waals surface area contributed by atoms with E-state index in [1.165, 1.54) is 12.3 Å². The first kappa shape index (κ1) is 14.7. The molecule has 5 heteroatoms.